The summed E-state index contributed by atoms with van der Waals surface area (Å²) in [5, 5.41) is 26.3. The lowest BCUT2D eigenvalue weighted by Gasteiger charge is -2.30. The van der Waals surface area contributed by atoms with Gasteiger partial charge in [0, 0.05) is 0 Å². The third kappa shape index (κ3) is 3.21. The number of aliphatic carboxylic acids is 1. The molecule has 1 fully saturated rings. The Morgan fingerprint density at radius 1 is 1.11 bits per heavy atom. The van der Waals surface area contributed by atoms with Crippen molar-refractivity contribution in [1.82, 2.24) is 4.90 Å². The monoisotopic (exact) mass is 249 g/mol. The molecule has 1 N–H and O–H groups in total. The fourth-order valence-electron chi connectivity index (χ4n) is 2.34. The molecule has 1 aliphatic rings. The zero-order valence-electron chi connectivity index (χ0n) is 10.0. The molecule has 1 rings (SSSR count). The first kappa shape index (κ1) is 14.0. The molecule has 0 aliphatic heterocycles. The van der Waals surface area contributed by atoms with Gasteiger partial charge in [0.2, 0.25) is 5.91 Å². The normalized spacial score (nSPS) is 22.6. The molecule has 1 aliphatic carbocycles. The highest BCUT2D eigenvalue weighted by Gasteiger charge is 2.37. The van der Waals surface area contributed by atoms with E-state index >= 15 is 0 Å². The molecule has 0 radical (unpaired) electrons. The highest BCUT2D eigenvalue weighted by molar-refractivity contribution is 5.85. The van der Waals surface area contributed by atoms with Gasteiger partial charge in [-0.15, -0.1) is 0 Å². The van der Waals surface area contributed by atoms with Gasteiger partial charge in [-0.25, -0.2) is 0 Å². The van der Waals surface area contributed by atoms with Crippen LogP contribution in [-0.4, -0.2) is 35.0 Å². The molecule has 0 aromatic rings. The number of carbonyl (C=O) groups excluding carboxylic acids is 1. The van der Waals surface area contributed by atoms with Crippen LogP contribution >= 0.6 is 0 Å². The number of amides is 1. The van der Waals surface area contributed by atoms with Crippen LogP contribution < -0.4 is 0 Å². The van der Waals surface area contributed by atoms with Crippen LogP contribution in [0.5, 0.6) is 0 Å². The second kappa shape index (κ2) is 6.61. The number of nitrogens with zero attached hydrogens (tertiary/aromatic N) is 3. The summed E-state index contributed by atoms with van der Waals surface area (Å²) >= 11 is 0. The second-order valence-electron chi connectivity index (χ2n) is 4.35. The molecule has 0 spiro atoms. The zero-order chi connectivity index (χ0) is 13.5. The smallest absolute Gasteiger partial charge is 0.307 e. The molecule has 0 aromatic carbocycles. The van der Waals surface area contributed by atoms with Gasteiger partial charge in [-0.3, -0.25) is 9.59 Å². The number of hydrogen-bond donors (Lipinski definition) is 1. The number of carbonyl (C=O) groups is 2. The fourth-order valence-corrected chi connectivity index (χ4v) is 2.34. The number of rotatable bonds is 4. The maximum atomic E-state index is 12.2. The Bertz CT molecular complexity index is 392. The molecule has 1 amide bonds. The zero-order valence-corrected chi connectivity index (χ0v) is 10.0. The molecule has 2 atom stereocenters. The van der Waals surface area contributed by atoms with Gasteiger partial charge in [-0.1, -0.05) is 12.8 Å². The average molecular weight is 249 g/mol. The van der Waals surface area contributed by atoms with Crippen molar-refractivity contribution in [1.29, 1.82) is 10.5 Å². The van der Waals surface area contributed by atoms with E-state index in [0.717, 1.165) is 17.7 Å². The third-order valence-electron chi connectivity index (χ3n) is 3.24. The molecular weight excluding hydrogens is 234 g/mol. The average Bonchev–Trinajstić information content (AvgIpc) is 2.37. The molecule has 0 bridgehead atoms. The minimum absolute atomic E-state index is 0.171. The maximum Gasteiger partial charge on any atom is 0.307 e. The Hall–Kier alpha value is -2.08. The molecule has 0 saturated heterocycles. The van der Waals surface area contributed by atoms with Gasteiger partial charge in [0.15, 0.2) is 0 Å². The van der Waals surface area contributed by atoms with Crippen molar-refractivity contribution < 1.29 is 14.7 Å². The minimum Gasteiger partial charge on any atom is -0.481 e. The lowest BCUT2D eigenvalue weighted by molar-refractivity contribution is -0.151. The lowest BCUT2D eigenvalue weighted by Crippen LogP contribution is -2.42. The maximum absolute atomic E-state index is 12.2. The summed E-state index contributed by atoms with van der Waals surface area (Å²) in [4.78, 5) is 24.4. The highest BCUT2D eigenvalue weighted by Crippen LogP contribution is 2.31. The van der Waals surface area contributed by atoms with Crippen molar-refractivity contribution in [3.63, 3.8) is 0 Å². The number of nitriles is 2. The Morgan fingerprint density at radius 2 is 1.61 bits per heavy atom. The lowest BCUT2D eigenvalue weighted by atomic mass is 9.78. The van der Waals surface area contributed by atoms with Gasteiger partial charge in [-0.05, 0) is 12.8 Å². The van der Waals surface area contributed by atoms with Gasteiger partial charge < -0.3 is 10.0 Å². The molecule has 2 unspecified atom stereocenters. The van der Waals surface area contributed by atoms with Crippen LogP contribution in [0.2, 0.25) is 0 Å². The van der Waals surface area contributed by atoms with Crippen molar-refractivity contribution in [2.75, 3.05) is 13.1 Å². The summed E-state index contributed by atoms with van der Waals surface area (Å²) in [5.41, 5.74) is 0. The largest absolute Gasteiger partial charge is 0.481 e. The number of carboxylic acid groups (broad SMARTS) is 1. The molecule has 6 heteroatoms. The van der Waals surface area contributed by atoms with E-state index in [1.807, 2.05) is 12.1 Å². The van der Waals surface area contributed by atoms with E-state index in [0.29, 0.717) is 12.8 Å². The molecular formula is C12H15N3O3. The van der Waals surface area contributed by atoms with Crippen LogP contribution in [0.1, 0.15) is 25.7 Å². The van der Waals surface area contributed by atoms with E-state index in [-0.39, 0.29) is 19.0 Å². The topological polar surface area (TPSA) is 105 Å². The van der Waals surface area contributed by atoms with E-state index in [9.17, 15) is 9.59 Å². The summed E-state index contributed by atoms with van der Waals surface area (Å²) < 4.78 is 0. The molecule has 1 saturated carbocycles. The van der Waals surface area contributed by atoms with Crippen molar-refractivity contribution in [3.8, 4) is 12.1 Å². The van der Waals surface area contributed by atoms with E-state index in [2.05, 4.69) is 0 Å². The van der Waals surface area contributed by atoms with Crippen LogP contribution in [0.15, 0.2) is 0 Å². The third-order valence-corrected chi connectivity index (χ3v) is 3.24. The first-order valence-electron chi connectivity index (χ1n) is 5.87. The van der Waals surface area contributed by atoms with Crippen LogP contribution in [0.4, 0.5) is 0 Å². The quantitative estimate of drug-likeness (QED) is 0.740. The van der Waals surface area contributed by atoms with Crippen molar-refractivity contribution in [2.45, 2.75) is 25.7 Å². The molecule has 6 nitrogen and oxygen atoms in total. The van der Waals surface area contributed by atoms with Crippen LogP contribution in [0, 0.1) is 34.5 Å². The van der Waals surface area contributed by atoms with Crippen molar-refractivity contribution in [2.24, 2.45) is 11.8 Å². The van der Waals surface area contributed by atoms with Crippen LogP contribution in [0.25, 0.3) is 0 Å². The van der Waals surface area contributed by atoms with Crippen LogP contribution in [0.3, 0.4) is 0 Å². The molecule has 0 heterocycles. The SMILES string of the molecule is N#CCN(CC#N)C(=O)C1CCCCC1C(=O)O. The van der Waals surface area contributed by atoms with E-state index < -0.39 is 17.8 Å². The minimum atomic E-state index is -0.970. The first-order valence-corrected chi connectivity index (χ1v) is 5.87. The fraction of sp³-hybridized carbons (Fsp3) is 0.667. The van der Waals surface area contributed by atoms with E-state index in [1.54, 1.807) is 0 Å². The summed E-state index contributed by atoms with van der Waals surface area (Å²) in [6.07, 6.45) is 2.62. The van der Waals surface area contributed by atoms with Gasteiger partial charge in [0.1, 0.15) is 13.1 Å². The Morgan fingerprint density at radius 3 is 2.06 bits per heavy atom. The number of carboxylic acids is 1. The summed E-state index contributed by atoms with van der Waals surface area (Å²) in [6.45, 7) is -0.343. The van der Waals surface area contributed by atoms with Gasteiger partial charge in [-0.2, -0.15) is 10.5 Å². The molecule has 0 aromatic heterocycles. The highest BCUT2D eigenvalue weighted by atomic mass is 16.4. The van der Waals surface area contributed by atoms with Gasteiger partial charge in [0.25, 0.3) is 0 Å². The predicted molar refractivity (Wildman–Crippen MR) is 60.9 cm³/mol. The van der Waals surface area contributed by atoms with Crippen molar-refractivity contribution >= 4 is 11.9 Å². The standard InChI is InChI=1S/C12H15N3O3/c13-5-7-15(8-6-14)11(16)9-3-1-2-4-10(9)12(17)18/h9-10H,1-4,7-8H2,(H,17,18). The van der Waals surface area contributed by atoms with E-state index in [1.165, 1.54) is 0 Å². The van der Waals surface area contributed by atoms with Gasteiger partial charge in [0.05, 0.1) is 24.0 Å². The Balaban J connectivity index is 2.81. The summed E-state index contributed by atoms with van der Waals surface area (Å²) in [5.74, 6) is -2.64. The predicted octanol–water partition coefficient (Wildman–Crippen LogP) is 0.753. The Labute approximate surface area is 105 Å². The Kier molecular flexibility index (Phi) is 5.13. The van der Waals surface area contributed by atoms with Crippen LogP contribution in [-0.2, 0) is 9.59 Å². The summed E-state index contributed by atoms with van der Waals surface area (Å²) in [6, 6.07) is 3.65. The van der Waals surface area contributed by atoms with Gasteiger partial charge >= 0.3 is 5.97 Å². The number of hydrogen-bond acceptors (Lipinski definition) is 4. The second-order valence-corrected chi connectivity index (χ2v) is 4.35. The first-order chi connectivity index (χ1) is 8.61. The summed E-state index contributed by atoms with van der Waals surface area (Å²) in [7, 11) is 0. The van der Waals surface area contributed by atoms with E-state index in [4.69, 9.17) is 15.6 Å². The molecule has 96 valence electrons. The van der Waals surface area contributed by atoms with Crippen molar-refractivity contribution in [3.05, 3.63) is 0 Å². The molecule has 18 heavy (non-hydrogen) atoms.